The van der Waals surface area contributed by atoms with Gasteiger partial charge in [0, 0.05) is 5.92 Å². The van der Waals surface area contributed by atoms with Crippen molar-refractivity contribution in [3.8, 4) is 0 Å². The van der Waals surface area contributed by atoms with E-state index >= 15 is 0 Å². The van der Waals surface area contributed by atoms with Crippen LogP contribution in [-0.2, 0) is 0 Å². The van der Waals surface area contributed by atoms with E-state index in [1.165, 1.54) is 11.1 Å². The lowest BCUT2D eigenvalue weighted by molar-refractivity contribution is 0.596. The molecule has 0 unspecified atom stereocenters. The molecule has 6 N–H and O–H groups in total. The van der Waals surface area contributed by atoms with Crippen molar-refractivity contribution in [3.05, 3.63) is 71.8 Å². The average molecular weight is 358 g/mol. The van der Waals surface area contributed by atoms with Gasteiger partial charge in [0.15, 0.2) is 0 Å². The Balaban J connectivity index is 0.000000522. The Morgan fingerprint density at radius 1 is 0.654 bits per heavy atom. The van der Waals surface area contributed by atoms with Gasteiger partial charge in [-0.2, -0.15) is 0 Å². The van der Waals surface area contributed by atoms with Crippen molar-refractivity contribution < 1.29 is 0 Å². The molecule has 146 valence electrons. The highest BCUT2D eigenvalue weighted by molar-refractivity contribution is 5.32. The van der Waals surface area contributed by atoms with Crippen LogP contribution in [-0.4, -0.2) is 19.6 Å². The Kier molecular flexibility index (Phi) is 15.7. The van der Waals surface area contributed by atoms with E-state index in [9.17, 15) is 0 Å². The van der Waals surface area contributed by atoms with Crippen LogP contribution in [0.1, 0.15) is 57.1 Å². The highest BCUT2D eigenvalue weighted by Gasteiger charge is 2.11. The van der Waals surface area contributed by atoms with Crippen LogP contribution in [0, 0.1) is 5.92 Å². The van der Waals surface area contributed by atoms with E-state index in [1.54, 1.807) is 0 Å². The van der Waals surface area contributed by atoms with Crippen molar-refractivity contribution in [3.63, 3.8) is 0 Å². The predicted molar refractivity (Wildman–Crippen MR) is 116 cm³/mol. The van der Waals surface area contributed by atoms with Crippen molar-refractivity contribution in [2.45, 2.75) is 46.0 Å². The molecule has 0 fully saturated rings. The second kappa shape index (κ2) is 16.8. The van der Waals surface area contributed by atoms with Gasteiger partial charge in [0.1, 0.15) is 0 Å². The summed E-state index contributed by atoms with van der Waals surface area (Å²) < 4.78 is 0. The Bertz CT molecular complexity index is 470. The summed E-state index contributed by atoms with van der Waals surface area (Å²) in [6.45, 7) is 8.77. The smallest absolute Gasteiger partial charge is 0.0101 e. The first-order valence-electron chi connectivity index (χ1n) is 9.80. The molecule has 0 spiro atoms. The van der Waals surface area contributed by atoms with Gasteiger partial charge in [-0.05, 0) is 55.9 Å². The molecule has 0 bridgehead atoms. The summed E-state index contributed by atoms with van der Waals surface area (Å²) in [5.74, 6) is 1.20. The molecule has 0 aliphatic carbocycles. The molecule has 3 heteroatoms. The van der Waals surface area contributed by atoms with E-state index in [-0.39, 0.29) is 0 Å². The van der Waals surface area contributed by atoms with Crippen LogP contribution in [0.15, 0.2) is 60.7 Å². The van der Waals surface area contributed by atoms with E-state index in [1.807, 2.05) is 12.1 Å². The number of nitrogens with two attached hydrogens (primary N) is 3. The fourth-order valence-corrected chi connectivity index (χ4v) is 2.40. The third-order valence-electron chi connectivity index (χ3n) is 3.89. The zero-order valence-corrected chi connectivity index (χ0v) is 16.9. The number of benzene rings is 2. The first-order chi connectivity index (χ1) is 12.6. The van der Waals surface area contributed by atoms with E-state index in [4.69, 9.17) is 17.2 Å². The van der Waals surface area contributed by atoms with Crippen LogP contribution in [0.5, 0.6) is 0 Å². The lowest BCUT2D eigenvalue weighted by atomic mass is 9.89. The van der Waals surface area contributed by atoms with Crippen LogP contribution < -0.4 is 17.2 Å². The fourth-order valence-electron chi connectivity index (χ4n) is 2.40. The largest absolute Gasteiger partial charge is 0.330 e. The van der Waals surface area contributed by atoms with Crippen LogP contribution in [0.3, 0.4) is 0 Å². The lowest BCUT2D eigenvalue weighted by Gasteiger charge is -2.16. The van der Waals surface area contributed by atoms with E-state index in [0.29, 0.717) is 12.5 Å². The van der Waals surface area contributed by atoms with Crippen molar-refractivity contribution in [2.24, 2.45) is 23.1 Å². The summed E-state index contributed by atoms with van der Waals surface area (Å²) in [5.41, 5.74) is 18.7. The van der Waals surface area contributed by atoms with Gasteiger partial charge in [-0.15, -0.1) is 0 Å². The maximum Gasteiger partial charge on any atom is 0.0101 e. The molecular formula is C23H39N3. The molecule has 3 nitrogen and oxygen atoms in total. The van der Waals surface area contributed by atoms with Crippen molar-refractivity contribution >= 4 is 0 Å². The second-order valence-corrected chi connectivity index (χ2v) is 6.71. The minimum absolute atomic E-state index is 0.424. The maximum atomic E-state index is 5.70. The Hall–Kier alpha value is -1.68. The molecule has 26 heavy (non-hydrogen) atoms. The fraction of sp³-hybridized carbons (Fsp3) is 0.478. The first kappa shape index (κ1) is 24.3. The van der Waals surface area contributed by atoms with Crippen LogP contribution in [0.25, 0.3) is 0 Å². The molecule has 0 aliphatic rings. The van der Waals surface area contributed by atoms with Crippen molar-refractivity contribution in [2.75, 3.05) is 19.6 Å². The standard InChI is InChI=1S/C15H17N.C5H13N.C3H9N/c16-12-11-15(13-7-3-1-4-8-13)14-9-5-2-6-10-14;1-5(2)3-4-6;1-2-3-4/h1-10,15H,11-12,16H2;5H,3-4,6H2,1-2H3;2-4H2,1H3. The molecule has 0 aromatic heterocycles. The van der Waals surface area contributed by atoms with Gasteiger partial charge < -0.3 is 17.2 Å². The second-order valence-electron chi connectivity index (χ2n) is 6.71. The zero-order chi connectivity index (χ0) is 19.6. The van der Waals surface area contributed by atoms with Gasteiger partial charge in [-0.25, -0.2) is 0 Å². The lowest BCUT2D eigenvalue weighted by Crippen LogP contribution is -2.08. The SMILES string of the molecule is CC(C)CCN.CCCN.NCCC(c1ccccc1)c1ccccc1. The predicted octanol–water partition coefficient (Wildman–Crippen LogP) is 4.51. The van der Waals surface area contributed by atoms with E-state index < -0.39 is 0 Å². The molecule has 2 rings (SSSR count). The van der Waals surface area contributed by atoms with Gasteiger partial charge in [0.05, 0.1) is 0 Å². The Labute approximate surface area is 161 Å². The Morgan fingerprint density at radius 2 is 1.04 bits per heavy atom. The van der Waals surface area contributed by atoms with Gasteiger partial charge in [-0.1, -0.05) is 81.4 Å². The molecule has 2 aromatic rings. The summed E-state index contributed by atoms with van der Waals surface area (Å²) in [5, 5.41) is 0. The van der Waals surface area contributed by atoms with Crippen LogP contribution >= 0.6 is 0 Å². The van der Waals surface area contributed by atoms with Gasteiger partial charge in [0.25, 0.3) is 0 Å². The normalized spacial score (nSPS) is 10.0. The number of hydrogen-bond acceptors (Lipinski definition) is 3. The number of hydrogen-bond donors (Lipinski definition) is 3. The molecule has 2 aromatic carbocycles. The number of rotatable bonds is 7. The quantitative estimate of drug-likeness (QED) is 0.682. The minimum Gasteiger partial charge on any atom is -0.330 e. The highest BCUT2D eigenvalue weighted by Crippen LogP contribution is 2.26. The van der Waals surface area contributed by atoms with E-state index in [0.717, 1.165) is 38.3 Å². The molecule has 0 amide bonds. The third kappa shape index (κ3) is 11.8. The third-order valence-corrected chi connectivity index (χ3v) is 3.89. The first-order valence-corrected chi connectivity index (χ1v) is 9.80. The summed E-state index contributed by atoms with van der Waals surface area (Å²) in [6.07, 6.45) is 3.24. The van der Waals surface area contributed by atoms with Crippen LogP contribution in [0.2, 0.25) is 0 Å². The molecule has 0 radical (unpaired) electrons. The van der Waals surface area contributed by atoms with Crippen molar-refractivity contribution in [1.29, 1.82) is 0 Å². The van der Waals surface area contributed by atoms with Gasteiger partial charge in [-0.3, -0.25) is 0 Å². The topological polar surface area (TPSA) is 78.1 Å². The summed E-state index contributed by atoms with van der Waals surface area (Å²) in [6, 6.07) is 21.1. The summed E-state index contributed by atoms with van der Waals surface area (Å²) in [4.78, 5) is 0. The molecule has 0 saturated heterocycles. The minimum atomic E-state index is 0.424. The Morgan fingerprint density at radius 3 is 1.27 bits per heavy atom. The molecule has 0 aliphatic heterocycles. The molecular weight excluding hydrogens is 318 g/mol. The summed E-state index contributed by atoms with van der Waals surface area (Å²) in [7, 11) is 0. The molecule has 0 atom stereocenters. The molecule has 0 saturated carbocycles. The average Bonchev–Trinajstić information content (AvgIpc) is 2.68. The molecule has 0 heterocycles. The van der Waals surface area contributed by atoms with Crippen LogP contribution in [0.4, 0.5) is 0 Å². The maximum absolute atomic E-state index is 5.70. The summed E-state index contributed by atoms with van der Waals surface area (Å²) >= 11 is 0. The monoisotopic (exact) mass is 357 g/mol. The van der Waals surface area contributed by atoms with E-state index in [2.05, 4.69) is 69.3 Å². The zero-order valence-electron chi connectivity index (χ0n) is 16.9. The van der Waals surface area contributed by atoms with Crippen molar-refractivity contribution in [1.82, 2.24) is 0 Å². The van der Waals surface area contributed by atoms with Gasteiger partial charge >= 0.3 is 0 Å². The highest BCUT2D eigenvalue weighted by atomic mass is 14.5. The van der Waals surface area contributed by atoms with Gasteiger partial charge in [0.2, 0.25) is 0 Å².